The molecular weight excluding hydrogens is 415 g/mol. The number of rotatable bonds is 6. The molecule has 11 heteroatoms. The topological polar surface area (TPSA) is 122 Å². The fourth-order valence-electron chi connectivity index (χ4n) is 3.13. The summed E-state index contributed by atoms with van der Waals surface area (Å²) in [5.74, 6) is -1.35. The number of piperidine rings is 1. The fraction of sp³-hybridized carbons (Fsp3) is 0.263. The second-order valence-corrected chi connectivity index (χ2v) is 8.62. The maximum absolute atomic E-state index is 13.0. The average Bonchev–Trinajstić information content (AvgIpc) is 2.74. The molecule has 1 aliphatic rings. The van der Waals surface area contributed by atoms with Gasteiger partial charge < -0.3 is 0 Å². The molecule has 1 saturated heterocycles. The van der Waals surface area contributed by atoms with Crippen molar-refractivity contribution in [2.24, 2.45) is 11.0 Å². The molecule has 1 fully saturated rings. The van der Waals surface area contributed by atoms with E-state index in [1.165, 1.54) is 40.9 Å². The lowest BCUT2D eigenvalue weighted by atomic mass is 9.98. The molecule has 1 aliphatic heterocycles. The summed E-state index contributed by atoms with van der Waals surface area (Å²) in [5, 5.41) is 14.8. The standard InChI is InChI=1S/C19H19FN4O5S/c20-16-5-7-17(8-6-16)30(28,29)23-11-9-14(10-12-23)19(25)22-21-13-15-3-1-2-4-18(15)24(26)27/h1-8,13-14H,9-12H2,(H,22,25)/b21-13-. The van der Waals surface area contributed by atoms with Crippen LogP contribution in [0.15, 0.2) is 58.5 Å². The number of amides is 1. The van der Waals surface area contributed by atoms with Crippen LogP contribution in [-0.2, 0) is 14.8 Å². The minimum Gasteiger partial charge on any atom is -0.273 e. The summed E-state index contributed by atoms with van der Waals surface area (Å²) < 4.78 is 39.5. The third-order valence-corrected chi connectivity index (χ3v) is 6.70. The van der Waals surface area contributed by atoms with Crippen LogP contribution >= 0.6 is 0 Å². The van der Waals surface area contributed by atoms with E-state index in [9.17, 15) is 27.7 Å². The summed E-state index contributed by atoms with van der Waals surface area (Å²) in [6.07, 6.45) is 1.80. The lowest BCUT2D eigenvalue weighted by Gasteiger charge is -2.30. The first-order valence-electron chi connectivity index (χ1n) is 9.11. The third-order valence-electron chi connectivity index (χ3n) is 4.79. The molecule has 2 aromatic rings. The largest absolute Gasteiger partial charge is 0.278 e. The van der Waals surface area contributed by atoms with Crippen LogP contribution in [0.2, 0.25) is 0 Å². The number of nitro groups is 1. The van der Waals surface area contributed by atoms with E-state index in [2.05, 4.69) is 10.5 Å². The van der Waals surface area contributed by atoms with Crippen LogP contribution in [0, 0.1) is 21.8 Å². The first-order chi connectivity index (χ1) is 14.3. The van der Waals surface area contributed by atoms with Crippen LogP contribution in [0.3, 0.4) is 0 Å². The summed E-state index contributed by atoms with van der Waals surface area (Å²) in [6, 6.07) is 10.6. The number of halogens is 1. The highest BCUT2D eigenvalue weighted by atomic mass is 32.2. The normalized spacial score (nSPS) is 15.9. The van der Waals surface area contributed by atoms with Crippen LogP contribution in [0.4, 0.5) is 10.1 Å². The maximum atomic E-state index is 13.0. The lowest BCUT2D eigenvalue weighted by Crippen LogP contribution is -2.42. The Balaban J connectivity index is 1.57. The Hall–Kier alpha value is -3.18. The van der Waals surface area contributed by atoms with Crippen LogP contribution in [-0.4, -0.2) is 42.9 Å². The molecule has 1 amide bonds. The number of hydrogen-bond donors (Lipinski definition) is 1. The molecule has 0 radical (unpaired) electrons. The molecule has 1 N–H and O–H groups in total. The molecule has 0 spiro atoms. The number of nitro benzene ring substituents is 1. The summed E-state index contributed by atoms with van der Waals surface area (Å²) in [7, 11) is -3.75. The van der Waals surface area contributed by atoms with E-state index in [1.807, 2.05) is 0 Å². The van der Waals surface area contributed by atoms with E-state index in [0.29, 0.717) is 12.8 Å². The van der Waals surface area contributed by atoms with Crippen molar-refractivity contribution in [3.8, 4) is 0 Å². The van der Waals surface area contributed by atoms with Crippen molar-refractivity contribution in [1.29, 1.82) is 0 Å². The Bertz CT molecular complexity index is 1060. The monoisotopic (exact) mass is 434 g/mol. The van der Waals surface area contributed by atoms with Crippen LogP contribution in [0.5, 0.6) is 0 Å². The summed E-state index contributed by atoms with van der Waals surface area (Å²) >= 11 is 0. The van der Waals surface area contributed by atoms with Gasteiger partial charge in [-0.05, 0) is 43.2 Å². The zero-order chi connectivity index (χ0) is 21.7. The first-order valence-corrected chi connectivity index (χ1v) is 10.5. The van der Waals surface area contributed by atoms with Gasteiger partial charge in [0.05, 0.1) is 21.6 Å². The molecule has 0 aliphatic carbocycles. The average molecular weight is 434 g/mol. The Kier molecular flexibility index (Phi) is 6.53. The number of carbonyl (C=O) groups is 1. The number of para-hydroxylation sites is 1. The Morgan fingerprint density at radius 2 is 1.80 bits per heavy atom. The summed E-state index contributed by atoms with van der Waals surface area (Å²) in [4.78, 5) is 22.7. The van der Waals surface area contributed by atoms with Crippen molar-refractivity contribution in [2.45, 2.75) is 17.7 Å². The minimum atomic E-state index is -3.75. The molecule has 30 heavy (non-hydrogen) atoms. The maximum Gasteiger partial charge on any atom is 0.278 e. The van der Waals surface area contributed by atoms with E-state index >= 15 is 0 Å². The van der Waals surface area contributed by atoms with Gasteiger partial charge in [-0.1, -0.05) is 12.1 Å². The molecular formula is C19H19FN4O5S. The molecule has 2 aromatic carbocycles. The highest BCUT2D eigenvalue weighted by molar-refractivity contribution is 7.89. The SMILES string of the molecule is O=C(N/N=C\c1ccccc1[N+](=O)[O-])C1CCN(S(=O)(=O)c2ccc(F)cc2)CC1. The summed E-state index contributed by atoms with van der Waals surface area (Å²) in [5.41, 5.74) is 2.48. The number of carbonyl (C=O) groups excluding carboxylic acids is 1. The first kappa shape index (κ1) is 21.5. The smallest absolute Gasteiger partial charge is 0.273 e. The Labute approximate surface area is 172 Å². The van der Waals surface area contributed by atoms with Crippen molar-refractivity contribution < 1.29 is 22.5 Å². The van der Waals surface area contributed by atoms with Gasteiger partial charge in [-0.2, -0.15) is 9.41 Å². The zero-order valence-corrected chi connectivity index (χ0v) is 16.6. The molecule has 9 nitrogen and oxygen atoms in total. The molecule has 0 aromatic heterocycles. The van der Waals surface area contributed by atoms with E-state index < -0.39 is 26.7 Å². The van der Waals surface area contributed by atoms with Gasteiger partial charge in [0.25, 0.3) is 5.69 Å². The van der Waals surface area contributed by atoms with Crippen molar-refractivity contribution >= 4 is 27.8 Å². The highest BCUT2D eigenvalue weighted by Gasteiger charge is 2.32. The Morgan fingerprint density at radius 1 is 1.17 bits per heavy atom. The second-order valence-electron chi connectivity index (χ2n) is 6.68. The van der Waals surface area contributed by atoms with Crippen LogP contribution in [0.25, 0.3) is 0 Å². The second kappa shape index (κ2) is 9.09. The van der Waals surface area contributed by atoms with Crippen molar-refractivity contribution in [2.75, 3.05) is 13.1 Å². The molecule has 3 rings (SSSR count). The van der Waals surface area contributed by atoms with Gasteiger partial charge in [-0.3, -0.25) is 14.9 Å². The number of benzene rings is 2. The van der Waals surface area contributed by atoms with Gasteiger partial charge >= 0.3 is 0 Å². The lowest BCUT2D eigenvalue weighted by molar-refractivity contribution is -0.385. The number of nitrogens with one attached hydrogen (secondary N) is 1. The van der Waals surface area contributed by atoms with Gasteiger partial charge in [-0.25, -0.2) is 18.2 Å². The molecule has 0 bridgehead atoms. The van der Waals surface area contributed by atoms with Gasteiger partial charge in [-0.15, -0.1) is 0 Å². The van der Waals surface area contributed by atoms with Crippen LogP contribution in [0.1, 0.15) is 18.4 Å². The van der Waals surface area contributed by atoms with Crippen molar-refractivity contribution in [1.82, 2.24) is 9.73 Å². The summed E-state index contributed by atoms with van der Waals surface area (Å²) in [6.45, 7) is 0.289. The predicted octanol–water partition coefficient (Wildman–Crippen LogP) is 2.28. The highest BCUT2D eigenvalue weighted by Crippen LogP contribution is 2.24. The quantitative estimate of drug-likeness (QED) is 0.425. The van der Waals surface area contributed by atoms with E-state index in [0.717, 1.165) is 12.1 Å². The van der Waals surface area contributed by atoms with Crippen molar-refractivity contribution in [3.05, 3.63) is 70.0 Å². The third kappa shape index (κ3) is 4.86. The van der Waals surface area contributed by atoms with E-state index in [1.54, 1.807) is 6.07 Å². The molecule has 0 saturated carbocycles. The van der Waals surface area contributed by atoms with Gasteiger partial charge in [0.1, 0.15) is 5.82 Å². The molecule has 158 valence electrons. The van der Waals surface area contributed by atoms with E-state index in [4.69, 9.17) is 0 Å². The van der Waals surface area contributed by atoms with Crippen LogP contribution < -0.4 is 5.43 Å². The number of sulfonamides is 1. The van der Waals surface area contributed by atoms with Gasteiger partial charge in [0, 0.05) is 25.1 Å². The minimum absolute atomic E-state index is 0.000793. The number of hydrogen-bond acceptors (Lipinski definition) is 6. The molecule has 0 atom stereocenters. The van der Waals surface area contributed by atoms with Gasteiger partial charge in [0.2, 0.25) is 15.9 Å². The molecule has 1 heterocycles. The Morgan fingerprint density at radius 3 is 2.43 bits per heavy atom. The van der Waals surface area contributed by atoms with Crippen molar-refractivity contribution in [3.63, 3.8) is 0 Å². The predicted molar refractivity (Wildman–Crippen MR) is 107 cm³/mol. The fourth-order valence-corrected chi connectivity index (χ4v) is 4.60. The molecule has 0 unspecified atom stereocenters. The number of nitrogens with zero attached hydrogens (tertiary/aromatic N) is 3. The zero-order valence-electron chi connectivity index (χ0n) is 15.8. The van der Waals surface area contributed by atoms with E-state index in [-0.39, 0.29) is 35.1 Å². The number of hydrazone groups is 1. The van der Waals surface area contributed by atoms with Gasteiger partial charge in [0.15, 0.2) is 0 Å².